The minimum absolute atomic E-state index is 0.152. The van der Waals surface area contributed by atoms with Gasteiger partial charge in [-0.3, -0.25) is 4.55 Å². The SMILES string of the molecule is CCn1c(Nc2ccc(S(=O)(=O)O)cc2)ccc1-c1cc(Cl)ccc1Cl. The van der Waals surface area contributed by atoms with E-state index < -0.39 is 10.1 Å². The molecule has 1 aromatic heterocycles. The lowest BCUT2D eigenvalue weighted by Crippen LogP contribution is -2.03. The van der Waals surface area contributed by atoms with Crippen LogP contribution in [-0.2, 0) is 16.7 Å². The number of nitrogens with one attached hydrogen (secondary N) is 1. The van der Waals surface area contributed by atoms with Crippen LogP contribution in [0.15, 0.2) is 59.5 Å². The zero-order chi connectivity index (χ0) is 18.9. The van der Waals surface area contributed by atoms with Crippen molar-refractivity contribution in [2.75, 3.05) is 5.32 Å². The molecule has 0 saturated carbocycles. The highest BCUT2D eigenvalue weighted by atomic mass is 35.5. The van der Waals surface area contributed by atoms with Crippen LogP contribution in [0.2, 0.25) is 10.0 Å². The van der Waals surface area contributed by atoms with Crippen LogP contribution >= 0.6 is 23.2 Å². The van der Waals surface area contributed by atoms with Crippen LogP contribution in [0.25, 0.3) is 11.3 Å². The molecule has 0 bridgehead atoms. The molecule has 5 nitrogen and oxygen atoms in total. The standard InChI is InChI=1S/C18H16Cl2N2O3S/c1-2-22-17(15-11-12(19)3-8-16(15)20)9-10-18(22)21-13-4-6-14(7-5-13)26(23,24)25/h3-11,21H,2H2,1H3,(H,23,24,25). The summed E-state index contributed by atoms with van der Waals surface area (Å²) in [6.07, 6.45) is 0. The molecular weight excluding hydrogens is 395 g/mol. The van der Waals surface area contributed by atoms with Gasteiger partial charge in [-0.2, -0.15) is 8.42 Å². The molecule has 0 amide bonds. The fourth-order valence-corrected chi connectivity index (χ4v) is 3.57. The Labute approximate surface area is 161 Å². The minimum atomic E-state index is -4.21. The van der Waals surface area contributed by atoms with Gasteiger partial charge in [-0.05, 0) is 61.5 Å². The van der Waals surface area contributed by atoms with Crippen LogP contribution in [0, 0.1) is 0 Å². The minimum Gasteiger partial charge on any atom is -0.342 e. The van der Waals surface area contributed by atoms with Gasteiger partial charge in [-0.25, -0.2) is 0 Å². The van der Waals surface area contributed by atoms with Crippen molar-refractivity contribution >= 4 is 44.8 Å². The molecule has 0 spiro atoms. The Morgan fingerprint density at radius 2 is 1.73 bits per heavy atom. The van der Waals surface area contributed by atoms with Gasteiger partial charge in [0.1, 0.15) is 5.82 Å². The van der Waals surface area contributed by atoms with Crippen molar-refractivity contribution < 1.29 is 13.0 Å². The molecule has 3 rings (SSSR count). The molecule has 0 unspecified atom stereocenters. The molecule has 2 aromatic carbocycles. The van der Waals surface area contributed by atoms with Gasteiger partial charge in [0.05, 0.1) is 10.6 Å². The van der Waals surface area contributed by atoms with Crippen molar-refractivity contribution in [3.63, 3.8) is 0 Å². The number of hydrogen-bond acceptors (Lipinski definition) is 3. The zero-order valence-electron chi connectivity index (χ0n) is 13.8. The predicted molar refractivity (Wildman–Crippen MR) is 105 cm³/mol. The highest BCUT2D eigenvalue weighted by molar-refractivity contribution is 7.85. The van der Waals surface area contributed by atoms with Gasteiger partial charge in [0.2, 0.25) is 0 Å². The van der Waals surface area contributed by atoms with E-state index >= 15 is 0 Å². The molecule has 26 heavy (non-hydrogen) atoms. The fourth-order valence-electron chi connectivity index (χ4n) is 2.70. The third-order valence-electron chi connectivity index (χ3n) is 3.93. The lowest BCUT2D eigenvalue weighted by atomic mass is 10.1. The number of halogens is 2. The molecule has 3 aromatic rings. The fraction of sp³-hybridized carbons (Fsp3) is 0.111. The molecule has 0 atom stereocenters. The second-order valence-electron chi connectivity index (χ2n) is 5.60. The van der Waals surface area contributed by atoms with Crippen molar-refractivity contribution in [1.82, 2.24) is 4.57 Å². The van der Waals surface area contributed by atoms with E-state index in [2.05, 4.69) is 5.32 Å². The number of benzene rings is 2. The van der Waals surface area contributed by atoms with Crippen LogP contribution in [0.5, 0.6) is 0 Å². The molecule has 136 valence electrons. The number of aromatic nitrogens is 1. The topological polar surface area (TPSA) is 71.3 Å². The molecule has 0 radical (unpaired) electrons. The summed E-state index contributed by atoms with van der Waals surface area (Å²) in [5.41, 5.74) is 2.43. The first kappa shape index (κ1) is 18.8. The molecule has 0 aliphatic heterocycles. The Bertz CT molecular complexity index is 1040. The van der Waals surface area contributed by atoms with E-state index in [0.717, 1.165) is 17.1 Å². The van der Waals surface area contributed by atoms with Crippen LogP contribution in [0.1, 0.15) is 6.92 Å². The molecule has 0 saturated heterocycles. The summed E-state index contributed by atoms with van der Waals surface area (Å²) in [7, 11) is -4.21. The molecule has 0 fully saturated rings. The Morgan fingerprint density at radius 3 is 2.35 bits per heavy atom. The van der Waals surface area contributed by atoms with E-state index in [1.54, 1.807) is 24.3 Å². The van der Waals surface area contributed by atoms with Crippen molar-refractivity contribution in [1.29, 1.82) is 0 Å². The number of anilines is 2. The third kappa shape index (κ3) is 3.88. The number of rotatable bonds is 5. The first-order chi connectivity index (χ1) is 12.3. The van der Waals surface area contributed by atoms with Crippen molar-refractivity contribution in [2.24, 2.45) is 0 Å². The molecular formula is C18H16Cl2N2O3S. The largest absolute Gasteiger partial charge is 0.342 e. The van der Waals surface area contributed by atoms with E-state index in [1.165, 1.54) is 12.1 Å². The van der Waals surface area contributed by atoms with Gasteiger partial charge in [0.25, 0.3) is 10.1 Å². The molecule has 0 aliphatic rings. The lowest BCUT2D eigenvalue weighted by Gasteiger charge is -2.14. The van der Waals surface area contributed by atoms with Gasteiger partial charge in [0, 0.05) is 27.8 Å². The summed E-state index contributed by atoms with van der Waals surface area (Å²) >= 11 is 12.4. The van der Waals surface area contributed by atoms with Crippen LogP contribution in [-0.4, -0.2) is 17.5 Å². The first-order valence-corrected chi connectivity index (χ1v) is 9.98. The van der Waals surface area contributed by atoms with E-state index in [-0.39, 0.29) is 4.90 Å². The Balaban J connectivity index is 1.95. The van der Waals surface area contributed by atoms with E-state index in [4.69, 9.17) is 27.8 Å². The summed E-state index contributed by atoms with van der Waals surface area (Å²) < 4.78 is 33.4. The maximum Gasteiger partial charge on any atom is 0.294 e. The van der Waals surface area contributed by atoms with Gasteiger partial charge in [-0.15, -0.1) is 0 Å². The van der Waals surface area contributed by atoms with Gasteiger partial charge >= 0.3 is 0 Å². The maximum atomic E-state index is 11.1. The average Bonchev–Trinajstić information content (AvgIpc) is 2.99. The third-order valence-corrected chi connectivity index (χ3v) is 5.36. The van der Waals surface area contributed by atoms with Crippen molar-refractivity contribution in [3.05, 3.63) is 64.6 Å². The van der Waals surface area contributed by atoms with Crippen molar-refractivity contribution in [3.8, 4) is 11.3 Å². The monoisotopic (exact) mass is 410 g/mol. The molecule has 1 heterocycles. The second-order valence-corrected chi connectivity index (χ2v) is 7.86. The van der Waals surface area contributed by atoms with Gasteiger partial charge in [0.15, 0.2) is 0 Å². The van der Waals surface area contributed by atoms with E-state index in [0.29, 0.717) is 22.3 Å². The van der Waals surface area contributed by atoms with E-state index in [9.17, 15) is 8.42 Å². The van der Waals surface area contributed by atoms with E-state index in [1.807, 2.05) is 29.7 Å². The van der Waals surface area contributed by atoms with Crippen molar-refractivity contribution in [2.45, 2.75) is 18.4 Å². The average molecular weight is 411 g/mol. The summed E-state index contributed by atoms with van der Waals surface area (Å²) in [4.78, 5) is -0.152. The summed E-state index contributed by atoms with van der Waals surface area (Å²) in [6, 6.07) is 15.0. The van der Waals surface area contributed by atoms with Gasteiger partial charge < -0.3 is 9.88 Å². The Morgan fingerprint density at radius 1 is 1.04 bits per heavy atom. The second kappa shape index (κ2) is 7.32. The highest BCUT2D eigenvalue weighted by Crippen LogP contribution is 2.34. The highest BCUT2D eigenvalue weighted by Gasteiger charge is 2.13. The quantitative estimate of drug-likeness (QED) is 0.546. The number of hydrogen-bond donors (Lipinski definition) is 2. The van der Waals surface area contributed by atoms with Crippen LogP contribution in [0.4, 0.5) is 11.5 Å². The Hall–Kier alpha value is -1.99. The van der Waals surface area contributed by atoms with Crippen LogP contribution < -0.4 is 5.32 Å². The smallest absolute Gasteiger partial charge is 0.294 e. The first-order valence-electron chi connectivity index (χ1n) is 7.79. The lowest BCUT2D eigenvalue weighted by molar-refractivity contribution is 0.483. The number of nitrogens with zero attached hydrogens (tertiary/aromatic N) is 1. The zero-order valence-corrected chi connectivity index (χ0v) is 16.1. The maximum absolute atomic E-state index is 11.1. The summed E-state index contributed by atoms with van der Waals surface area (Å²) in [6.45, 7) is 2.70. The molecule has 8 heteroatoms. The predicted octanol–water partition coefficient (Wildman–Crippen LogP) is 5.47. The molecule has 0 aliphatic carbocycles. The Kier molecular flexibility index (Phi) is 5.29. The molecule has 2 N–H and O–H groups in total. The van der Waals surface area contributed by atoms with Crippen LogP contribution in [0.3, 0.4) is 0 Å². The van der Waals surface area contributed by atoms with Gasteiger partial charge in [-0.1, -0.05) is 23.2 Å². The summed E-state index contributed by atoms with van der Waals surface area (Å²) in [5.74, 6) is 0.818. The normalized spacial score (nSPS) is 11.5. The summed E-state index contributed by atoms with van der Waals surface area (Å²) in [5, 5.41) is 4.44.